The molecule has 1 aromatic heterocycles. The number of rotatable bonds is 4. The van der Waals surface area contributed by atoms with Crippen molar-refractivity contribution in [2.75, 3.05) is 0 Å². The zero-order valence-corrected chi connectivity index (χ0v) is 13.0. The fraction of sp³-hybridized carbons (Fsp3) is 0. The maximum Gasteiger partial charge on any atom is 0.324 e. The Morgan fingerprint density at radius 3 is 1.93 bits per heavy atom. The molecular formula is C12H10N6O9. The lowest BCUT2D eigenvalue weighted by Crippen LogP contribution is -2.29. The van der Waals surface area contributed by atoms with Crippen molar-refractivity contribution in [3.63, 3.8) is 0 Å². The van der Waals surface area contributed by atoms with Crippen LogP contribution in [0.2, 0.25) is 0 Å². The molecule has 0 saturated heterocycles. The summed E-state index contributed by atoms with van der Waals surface area (Å²) in [6, 6.07) is 2.27. The number of aromatic nitrogens is 1. The van der Waals surface area contributed by atoms with Gasteiger partial charge in [0.05, 0.1) is 38.7 Å². The summed E-state index contributed by atoms with van der Waals surface area (Å²) in [6.45, 7) is 0. The number of nitrogens with two attached hydrogens (primary N) is 1. The lowest BCUT2D eigenvalue weighted by atomic mass is 10.2. The molecule has 1 heterocycles. The third-order valence-electron chi connectivity index (χ3n) is 2.83. The van der Waals surface area contributed by atoms with Gasteiger partial charge < -0.3 is 10.2 Å². The zero-order valence-electron chi connectivity index (χ0n) is 13.0. The maximum atomic E-state index is 10.8. The molecule has 2 aromatic rings. The van der Waals surface area contributed by atoms with Crippen LogP contribution in [-0.2, 0) is 0 Å². The number of nitro benzene ring substituents is 3. The number of phenolic OH excluding ortho intramolecular Hbond substituents is 1. The van der Waals surface area contributed by atoms with E-state index in [1.807, 2.05) is 5.43 Å². The number of hydrazine groups is 1. The molecule has 0 aliphatic heterocycles. The van der Waals surface area contributed by atoms with Gasteiger partial charge in [0.25, 0.3) is 17.3 Å². The number of hydrogen-bond donors (Lipinski definition) is 4. The highest BCUT2D eigenvalue weighted by Crippen LogP contribution is 2.38. The van der Waals surface area contributed by atoms with Gasteiger partial charge in [0.1, 0.15) is 5.75 Å². The molecule has 0 bridgehead atoms. The van der Waals surface area contributed by atoms with Gasteiger partial charge in [-0.1, -0.05) is 0 Å². The van der Waals surface area contributed by atoms with Crippen molar-refractivity contribution in [3.05, 3.63) is 66.5 Å². The van der Waals surface area contributed by atoms with Crippen molar-refractivity contribution in [2.45, 2.75) is 0 Å². The smallest absolute Gasteiger partial charge is 0.324 e. The SMILES string of the molecule is NNC(=O)c1ccncc1O.O=[N+]([O-])c1cc([N+](=O)[O-])c(O)c([N+](=O)[O-])c1. The highest BCUT2D eigenvalue weighted by atomic mass is 16.6. The molecule has 0 fully saturated rings. The van der Waals surface area contributed by atoms with Gasteiger partial charge in [-0.2, -0.15) is 0 Å². The van der Waals surface area contributed by atoms with Crippen molar-refractivity contribution >= 4 is 23.0 Å². The lowest BCUT2D eigenvalue weighted by molar-refractivity contribution is -0.404. The maximum absolute atomic E-state index is 10.8. The fourth-order valence-corrected chi connectivity index (χ4v) is 1.63. The van der Waals surface area contributed by atoms with Crippen molar-refractivity contribution in [1.29, 1.82) is 0 Å². The van der Waals surface area contributed by atoms with Crippen LogP contribution in [-0.4, -0.2) is 35.9 Å². The minimum absolute atomic E-state index is 0.113. The normalized spacial score (nSPS) is 9.52. The topological polar surface area (TPSA) is 238 Å². The van der Waals surface area contributed by atoms with Crippen LogP contribution in [0.15, 0.2) is 30.6 Å². The van der Waals surface area contributed by atoms with Gasteiger partial charge in [0.15, 0.2) is 0 Å². The first-order chi connectivity index (χ1) is 12.6. The molecule has 0 spiro atoms. The molecule has 5 N–H and O–H groups in total. The lowest BCUT2D eigenvalue weighted by Gasteiger charge is -1.99. The second-order valence-corrected chi connectivity index (χ2v) is 4.47. The number of amides is 1. The summed E-state index contributed by atoms with van der Waals surface area (Å²) in [4.78, 5) is 42.2. The van der Waals surface area contributed by atoms with Crippen LogP contribution >= 0.6 is 0 Å². The zero-order chi connectivity index (χ0) is 20.7. The number of carbonyl (C=O) groups excluding carboxylic acids is 1. The predicted molar refractivity (Wildman–Crippen MR) is 85.6 cm³/mol. The third kappa shape index (κ3) is 5.03. The first kappa shape index (κ1) is 20.6. The summed E-state index contributed by atoms with van der Waals surface area (Å²) in [5.74, 6) is 2.91. The molecule has 27 heavy (non-hydrogen) atoms. The fourth-order valence-electron chi connectivity index (χ4n) is 1.63. The number of nitrogens with one attached hydrogen (secondary N) is 1. The molecular weight excluding hydrogens is 372 g/mol. The average Bonchev–Trinajstić information content (AvgIpc) is 2.61. The average molecular weight is 382 g/mol. The number of hydrogen-bond acceptors (Lipinski definition) is 11. The molecule has 0 aliphatic carbocycles. The van der Waals surface area contributed by atoms with E-state index in [9.17, 15) is 35.1 Å². The van der Waals surface area contributed by atoms with Crippen LogP contribution in [0.5, 0.6) is 11.5 Å². The molecule has 0 unspecified atom stereocenters. The van der Waals surface area contributed by atoms with E-state index in [1.54, 1.807) is 0 Å². The number of non-ortho nitro benzene ring substituents is 1. The van der Waals surface area contributed by atoms with E-state index in [4.69, 9.17) is 16.1 Å². The van der Waals surface area contributed by atoms with E-state index in [1.165, 1.54) is 18.5 Å². The standard InChI is InChI=1S/C6H3N3O7.C6H7N3O2/c10-6-4(8(13)14)1-3(7(11)12)2-5(6)9(15)16;7-9-6(11)4-1-2-8-3-5(4)10/h1-2,10H;1-3,10H,7H2,(H,9,11). The van der Waals surface area contributed by atoms with Gasteiger partial charge in [-0.05, 0) is 6.07 Å². The second kappa shape index (κ2) is 8.62. The summed E-state index contributed by atoms with van der Waals surface area (Å²) in [6.07, 6.45) is 2.56. The Morgan fingerprint density at radius 2 is 1.56 bits per heavy atom. The van der Waals surface area contributed by atoms with Crippen LogP contribution in [0.4, 0.5) is 17.1 Å². The Balaban J connectivity index is 0.000000289. The van der Waals surface area contributed by atoms with E-state index in [2.05, 4.69) is 4.98 Å². The van der Waals surface area contributed by atoms with Crippen LogP contribution in [0.25, 0.3) is 0 Å². The van der Waals surface area contributed by atoms with Crippen LogP contribution in [0.3, 0.4) is 0 Å². The molecule has 0 atom stereocenters. The summed E-state index contributed by atoms with van der Waals surface area (Å²) < 4.78 is 0. The first-order valence-corrected chi connectivity index (χ1v) is 6.54. The van der Waals surface area contributed by atoms with Crippen LogP contribution in [0, 0.1) is 30.3 Å². The molecule has 2 rings (SSSR count). The van der Waals surface area contributed by atoms with Crippen LogP contribution in [0.1, 0.15) is 10.4 Å². The highest BCUT2D eigenvalue weighted by molar-refractivity contribution is 5.96. The van der Waals surface area contributed by atoms with Gasteiger partial charge in [-0.3, -0.25) is 45.5 Å². The molecule has 1 amide bonds. The van der Waals surface area contributed by atoms with Gasteiger partial charge in [0, 0.05) is 6.20 Å². The largest absolute Gasteiger partial charge is 0.505 e. The molecule has 1 aromatic carbocycles. The van der Waals surface area contributed by atoms with E-state index < -0.39 is 43.5 Å². The number of phenols is 1. The summed E-state index contributed by atoms with van der Waals surface area (Å²) in [5.41, 5.74) is -0.993. The van der Waals surface area contributed by atoms with Crippen LogP contribution < -0.4 is 11.3 Å². The van der Waals surface area contributed by atoms with Crippen molar-refractivity contribution < 1.29 is 29.8 Å². The Hall–Kier alpha value is -4.40. The molecule has 0 aliphatic rings. The summed E-state index contributed by atoms with van der Waals surface area (Å²) >= 11 is 0. The van der Waals surface area contributed by atoms with E-state index >= 15 is 0 Å². The molecule has 15 heteroatoms. The van der Waals surface area contributed by atoms with Gasteiger partial charge in [0.2, 0.25) is 0 Å². The van der Waals surface area contributed by atoms with Crippen molar-refractivity contribution in [3.8, 4) is 11.5 Å². The Kier molecular flexibility index (Phi) is 6.59. The van der Waals surface area contributed by atoms with E-state index in [-0.39, 0.29) is 11.3 Å². The minimum Gasteiger partial charge on any atom is -0.505 e. The quantitative estimate of drug-likeness (QED) is 0.246. The number of nitrogen functional groups attached to an aromatic ring is 1. The number of nitrogens with zero attached hydrogens (tertiary/aromatic N) is 4. The van der Waals surface area contributed by atoms with Gasteiger partial charge >= 0.3 is 11.4 Å². The van der Waals surface area contributed by atoms with Gasteiger partial charge in [-0.25, -0.2) is 5.84 Å². The monoisotopic (exact) mass is 382 g/mol. The number of benzene rings is 1. The minimum atomic E-state index is -1.21. The molecule has 0 radical (unpaired) electrons. The first-order valence-electron chi connectivity index (χ1n) is 6.54. The van der Waals surface area contributed by atoms with E-state index in [0.717, 1.165) is 0 Å². The Morgan fingerprint density at radius 1 is 1.04 bits per heavy atom. The number of carbonyl (C=O) groups is 1. The number of aromatic hydroxyl groups is 2. The highest BCUT2D eigenvalue weighted by Gasteiger charge is 2.30. The molecule has 142 valence electrons. The molecule has 15 nitrogen and oxygen atoms in total. The Bertz CT molecular complexity index is 881. The summed E-state index contributed by atoms with van der Waals surface area (Å²) in [7, 11) is 0. The second-order valence-electron chi connectivity index (χ2n) is 4.47. The number of nitro groups is 3. The number of pyridine rings is 1. The summed E-state index contributed by atoms with van der Waals surface area (Å²) in [5, 5.41) is 49.2. The van der Waals surface area contributed by atoms with E-state index in [0.29, 0.717) is 12.1 Å². The third-order valence-corrected chi connectivity index (χ3v) is 2.83. The van der Waals surface area contributed by atoms with Crippen molar-refractivity contribution in [1.82, 2.24) is 10.4 Å². The Labute approximate surface area is 148 Å². The van der Waals surface area contributed by atoms with Gasteiger partial charge in [-0.15, -0.1) is 0 Å². The molecule has 0 saturated carbocycles. The predicted octanol–water partition coefficient (Wildman–Crippen LogP) is 0.507. The van der Waals surface area contributed by atoms with Crippen molar-refractivity contribution in [2.24, 2.45) is 5.84 Å².